The normalized spacial score (nSPS) is 17.5. The van der Waals surface area contributed by atoms with Gasteiger partial charge in [0.05, 0.1) is 5.92 Å². The number of nitrogens with zero attached hydrogens (tertiary/aromatic N) is 2. The second kappa shape index (κ2) is 7.79. The summed E-state index contributed by atoms with van der Waals surface area (Å²) in [6, 6.07) is 3.72. The zero-order chi connectivity index (χ0) is 17.8. The number of hydrogen-bond acceptors (Lipinski definition) is 6. The molecule has 134 valence electrons. The largest absolute Gasteiger partial charge is 0.459 e. The van der Waals surface area contributed by atoms with Gasteiger partial charge in [0, 0.05) is 31.6 Å². The Morgan fingerprint density at radius 2 is 2.32 bits per heavy atom. The summed E-state index contributed by atoms with van der Waals surface area (Å²) < 4.78 is 5.55. The number of thiazole rings is 1. The molecule has 8 heteroatoms. The molecule has 2 aromatic heterocycles. The van der Waals surface area contributed by atoms with Crippen LogP contribution in [0.1, 0.15) is 29.1 Å². The van der Waals surface area contributed by atoms with Crippen LogP contribution in [-0.4, -0.2) is 47.9 Å². The minimum absolute atomic E-state index is 0.0343. The molecule has 1 aliphatic heterocycles. The Labute approximate surface area is 150 Å². The number of hydrogen-bond donors (Lipinski definition) is 2. The van der Waals surface area contributed by atoms with Crippen LogP contribution in [0.2, 0.25) is 0 Å². The Morgan fingerprint density at radius 1 is 1.48 bits per heavy atom. The van der Waals surface area contributed by atoms with Crippen LogP contribution in [0.25, 0.3) is 10.8 Å². The Morgan fingerprint density at radius 3 is 3.04 bits per heavy atom. The molecule has 1 fully saturated rings. The van der Waals surface area contributed by atoms with Gasteiger partial charge in [-0.15, -0.1) is 11.3 Å². The van der Waals surface area contributed by atoms with Crippen molar-refractivity contribution < 1.29 is 14.0 Å². The van der Waals surface area contributed by atoms with Crippen molar-refractivity contribution in [3.8, 4) is 10.8 Å². The van der Waals surface area contributed by atoms with Crippen LogP contribution in [0, 0.1) is 12.8 Å². The van der Waals surface area contributed by atoms with Crippen molar-refractivity contribution in [1.29, 1.82) is 0 Å². The lowest BCUT2D eigenvalue weighted by atomic mass is 9.97. The van der Waals surface area contributed by atoms with Gasteiger partial charge in [-0.05, 0) is 31.9 Å². The highest BCUT2D eigenvalue weighted by Gasteiger charge is 2.29. The predicted molar refractivity (Wildman–Crippen MR) is 95.2 cm³/mol. The third-order valence-corrected chi connectivity index (χ3v) is 5.05. The number of amides is 2. The molecule has 1 saturated heterocycles. The first-order chi connectivity index (χ1) is 12.1. The first-order valence-electron chi connectivity index (χ1n) is 8.38. The molecule has 7 nitrogen and oxygen atoms in total. The lowest BCUT2D eigenvalue weighted by molar-refractivity contribution is -0.126. The minimum atomic E-state index is -0.185. The smallest absolute Gasteiger partial charge is 0.273 e. The van der Waals surface area contributed by atoms with E-state index < -0.39 is 0 Å². The van der Waals surface area contributed by atoms with E-state index in [1.54, 1.807) is 10.3 Å². The van der Waals surface area contributed by atoms with Gasteiger partial charge < -0.3 is 20.4 Å². The van der Waals surface area contributed by atoms with Crippen LogP contribution in [0.5, 0.6) is 0 Å². The molecule has 0 saturated carbocycles. The number of piperidine rings is 1. The van der Waals surface area contributed by atoms with Crippen LogP contribution in [-0.2, 0) is 4.79 Å². The fourth-order valence-corrected chi connectivity index (χ4v) is 3.67. The number of carbonyl (C=O) groups excluding carboxylic acids is 2. The van der Waals surface area contributed by atoms with Crippen molar-refractivity contribution in [3.05, 3.63) is 29.0 Å². The van der Waals surface area contributed by atoms with E-state index in [1.165, 1.54) is 11.3 Å². The van der Waals surface area contributed by atoms with Crippen molar-refractivity contribution in [2.24, 2.45) is 11.7 Å². The van der Waals surface area contributed by atoms with E-state index in [9.17, 15) is 9.59 Å². The van der Waals surface area contributed by atoms with E-state index in [0.29, 0.717) is 42.6 Å². The van der Waals surface area contributed by atoms with Crippen LogP contribution < -0.4 is 11.1 Å². The van der Waals surface area contributed by atoms with Gasteiger partial charge in [0.15, 0.2) is 10.8 Å². The Balaban J connectivity index is 1.66. The van der Waals surface area contributed by atoms with Gasteiger partial charge in [-0.1, -0.05) is 0 Å². The number of rotatable bonds is 5. The molecular formula is C17H22N4O3S. The van der Waals surface area contributed by atoms with Gasteiger partial charge in [0.25, 0.3) is 5.91 Å². The fraction of sp³-hybridized carbons (Fsp3) is 0.471. The summed E-state index contributed by atoms with van der Waals surface area (Å²) in [4.78, 5) is 31.0. The van der Waals surface area contributed by atoms with Crippen molar-refractivity contribution >= 4 is 23.2 Å². The van der Waals surface area contributed by atoms with Crippen molar-refractivity contribution in [3.63, 3.8) is 0 Å². The molecule has 0 spiro atoms. The molecule has 1 aliphatic rings. The van der Waals surface area contributed by atoms with E-state index in [-0.39, 0.29) is 17.7 Å². The summed E-state index contributed by atoms with van der Waals surface area (Å²) in [6.07, 6.45) is 1.59. The molecule has 0 aliphatic carbocycles. The van der Waals surface area contributed by atoms with E-state index >= 15 is 0 Å². The highest BCUT2D eigenvalue weighted by Crippen LogP contribution is 2.27. The highest BCUT2D eigenvalue weighted by molar-refractivity contribution is 7.13. The Kier molecular flexibility index (Phi) is 5.50. The molecule has 0 aromatic carbocycles. The van der Waals surface area contributed by atoms with E-state index in [4.69, 9.17) is 10.2 Å². The molecule has 2 aromatic rings. The van der Waals surface area contributed by atoms with Crippen LogP contribution >= 0.6 is 11.3 Å². The maximum Gasteiger partial charge on any atom is 0.273 e. The van der Waals surface area contributed by atoms with Gasteiger partial charge in [-0.25, -0.2) is 4.98 Å². The number of carbonyl (C=O) groups is 2. The third kappa shape index (κ3) is 4.08. The van der Waals surface area contributed by atoms with Crippen molar-refractivity contribution in [2.75, 3.05) is 26.2 Å². The van der Waals surface area contributed by atoms with Crippen LogP contribution in [0.3, 0.4) is 0 Å². The average molecular weight is 362 g/mol. The topological polar surface area (TPSA) is 101 Å². The van der Waals surface area contributed by atoms with Gasteiger partial charge >= 0.3 is 0 Å². The number of nitrogens with one attached hydrogen (secondary N) is 1. The first-order valence-corrected chi connectivity index (χ1v) is 9.26. The van der Waals surface area contributed by atoms with Crippen molar-refractivity contribution in [2.45, 2.75) is 19.8 Å². The SMILES string of the molecule is Cc1ccc(-c2nc(C(=O)N3CCCC(C(=O)NCCN)C3)cs2)o1. The zero-order valence-electron chi connectivity index (χ0n) is 14.2. The highest BCUT2D eigenvalue weighted by atomic mass is 32.1. The van der Waals surface area contributed by atoms with E-state index in [1.807, 2.05) is 19.1 Å². The average Bonchev–Trinajstić information content (AvgIpc) is 3.28. The van der Waals surface area contributed by atoms with E-state index in [2.05, 4.69) is 10.3 Å². The number of aryl methyl sites for hydroxylation is 1. The van der Waals surface area contributed by atoms with Gasteiger partial charge in [0.1, 0.15) is 11.5 Å². The summed E-state index contributed by atoms with van der Waals surface area (Å²) in [6.45, 7) is 3.80. The van der Waals surface area contributed by atoms with Crippen LogP contribution in [0.15, 0.2) is 21.9 Å². The van der Waals surface area contributed by atoms with Gasteiger partial charge in [0.2, 0.25) is 5.91 Å². The summed E-state index contributed by atoms with van der Waals surface area (Å²) >= 11 is 1.38. The van der Waals surface area contributed by atoms with Crippen molar-refractivity contribution in [1.82, 2.24) is 15.2 Å². The molecule has 3 rings (SSSR count). The Hall–Kier alpha value is -2.19. The fourth-order valence-electron chi connectivity index (χ4n) is 2.91. The predicted octanol–water partition coefficient (Wildman–Crippen LogP) is 1.64. The molecule has 0 bridgehead atoms. The number of furan rings is 1. The maximum atomic E-state index is 12.7. The monoisotopic (exact) mass is 362 g/mol. The van der Waals surface area contributed by atoms with Gasteiger partial charge in [-0.3, -0.25) is 9.59 Å². The third-order valence-electron chi connectivity index (χ3n) is 4.20. The summed E-state index contributed by atoms with van der Waals surface area (Å²) in [5, 5.41) is 5.23. The lowest BCUT2D eigenvalue weighted by Gasteiger charge is -2.31. The summed E-state index contributed by atoms with van der Waals surface area (Å²) in [5.41, 5.74) is 5.82. The lowest BCUT2D eigenvalue weighted by Crippen LogP contribution is -2.46. The molecule has 3 N–H and O–H groups in total. The van der Waals surface area contributed by atoms with Crippen LogP contribution in [0.4, 0.5) is 0 Å². The maximum absolute atomic E-state index is 12.7. The van der Waals surface area contributed by atoms with Gasteiger partial charge in [-0.2, -0.15) is 0 Å². The van der Waals surface area contributed by atoms with E-state index in [0.717, 1.165) is 18.6 Å². The molecule has 3 heterocycles. The standard InChI is InChI=1S/C17H22N4O3S/c1-11-4-5-14(24-11)16-20-13(10-25-16)17(23)21-8-2-3-12(9-21)15(22)19-7-6-18/h4-5,10,12H,2-3,6-9,18H2,1H3,(H,19,22). The minimum Gasteiger partial charge on any atom is -0.459 e. The molecular weight excluding hydrogens is 340 g/mol. The molecule has 1 unspecified atom stereocenters. The molecule has 0 radical (unpaired) electrons. The summed E-state index contributed by atoms with van der Waals surface area (Å²) in [5.74, 6) is 1.12. The second-order valence-electron chi connectivity index (χ2n) is 6.12. The summed E-state index contributed by atoms with van der Waals surface area (Å²) in [7, 11) is 0. The Bertz CT molecular complexity index is 755. The zero-order valence-corrected chi connectivity index (χ0v) is 15.0. The number of aromatic nitrogens is 1. The molecule has 1 atom stereocenters. The quantitative estimate of drug-likeness (QED) is 0.842. The molecule has 25 heavy (non-hydrogen) atoms. The second-order valence-corrected chi connectivity index (χ2v) is 6.98. The number of likely N-dealkylation sites (tertiary alicyclic amines) is 1. The number of nitrogens with two attached hydrogens (primary N) is 1. The molecule has 2 amide bonds. The first kappa shape index (κ1) is 17.6.